The summed E-state index contributed by atoms with van der Waals surface area (Å²) >= 11 is 6.00. The number of nitrogen functional groups attached to an aromatic ring is 1. The van der Waals surface area contributed by atoms with Crippen LogP contribution in [0.3, 0.4) is 0 Å². The molecule has 0 radical (unpaired) electrons. The van der Waals surface area contributed by atoms with Gasteiger partial charge in [0.25, 0.3) is 11.8 Å². The minimum absolute atomic E-state index is 0.0458. The van der Waals surface area contributed by atoms with Gasteiger partial charge in [-0.25, -0.2) is 9.97 Å². The first kappa shape index (κ1) is 16.8. The third-order valence-corrected chi connectivity index (χ3v) is 4.97. The first-order chi connectivity index (χ1) is 12.5. The van der Waals surface area contributed by atoms with Gasteiger partial charge in [0, 0.05) is 16.6 Å². The van der Waals surface area contributed by atoms with Gasteiger partial charge in [-0.1, -0.05) is 30.2 Å². The fraction of sp³-hybridized carbons (Fsp3) is 0.294. The van der Waals surface area contributed by atoms with Gasteiger partial charge in [-0.3, -0.25) is 0 Å². The number of halogens is 3. The topological polar surface area (TPSA) is 90.7 Å². The number of nitrogens with zero attached hydrogens (tertiary/aromatic N) is 4. The first-order valence-corrected chi connectivity index (χ1v) is 8.38. The normalized spacial score (nSPS) is 15.8. The smallest absolute Gasteiger partial charge is 0.314 e. The molecule has 4 rings (SSSR count). The molecular formula is C17H14ClF2N5O. The molecule has 2 aromatic heterocycles. The van der Waals surface area contributed by atoms with Gasteiger partial charge in [-0.15, -0.1) is 10.2 Å². The Hall–Kier alpha value is -2.61. The number of hydrogen-bond donors (Lipinski definition) is 1. The third kappa shape index (κ3) is 2.70. The van der Waals surface area contributed by atoms with Crippen molar-refractivity contribution in [2.75, 3.05) is 5.73 Å². The highest BCUT2D eigenvalue weighted by Crippen LogP contribution is 2.51. The van der Waals surface area contributed by atoms with Gasteiger partial charge >= 0.3 is 6.43 Å². The summed E-state index contributed by atoms with van der Waals surface area (Å²) in [5.41, 5.74) is 7.41. The SMILES string of the molecule is Nc1ncc(-c2nnc(C(F)F)o2)c(C2(c3ccc(Cl)cc3)CCC2)n1. The molecule has 1 aliphatic carbocycles. The van der Waals surface area contributed by atoms with E-state index in [9.17, 15) is 8.78 Å². The minimum Gasteiger partial charge on any atom is -0.415 e. The van der Waals surface area contributed by atoms with Crippen LogP contribution in [0.25, 0.3) is 11.5 Å². The zero-order valence-corrected chi connectivity index (χ0v) is 14.2. The molecule has 1 saturated carbocycles. The van der Waals surface area contributed by atoms with E-state index in [0.717, 1.165) is 24.8 Å². The predicted molar refractivity (Wildman–Crippen MR) is 90.8 cm³/mol. The number of benzene rings is 1. The van der Waals surface area contributed by atoms with E-state index in [0.29, 0.717) is 16.3 Å². The molecule has 0 bridgehead atoms. The van der Waals surface area contributed by atoms with E-state index in [-0.39, 0.29) is 11.8 Å². The van der Waals surface area contributed by atoms with E-state index in [1.165, 1.54) is 6.20 Å². The van der Waals surface area contributed by atoms with Crippen molar-refractivity contribution in [1.29, 1.82) is 0 Å². The number of alkyl halides is 2. The Balaban J connectivity index is 1.87. The maximum atomic E-state index is 12.8. The van der Waals surface area contributed by atoms with Crippen LogP contribution < -0.4 is 5.73 Å². The maximum absolute atomic E-state index is 12.8. The van der Waals surface area contributed by atoms with Crippen molar-refractivity contribution < 1.29 is 13.2 Å². The largest absolute Gasteiger partial charge is 0.415 e. The monoisotopic (exact) mass is 377 g/mol. The van der Waals surface area contributed by atoms with Crippen molar-refractivity contribution in [2.45, 2.75) is 31.1 Å². The van der Waals surface area contributed by atoms with Crippen LogP contribution in [0.5, 0.6) is 0 Å². The standard InChI is InChI=1S/C17H14ClF2N5O/c18-10-4-2-9(3-5-10)17(6-1-7-17)12-11(8-22-16(21)23-12)14-24-25-15(26-14)13(19)20/h2-5,8,13H,1,6-7H2,(H2,21,22,23). The highest BCUT2D eigenvalue weighted by atomic mass is 35.5. The summed E-state index contributed by atoms with van der Waals surface area (Å²) in [6.45, 7) is 0. The molecule has 0 amide bonds. The maximum Gasteiger partial charge on any atom is 0.314 e. The van der Waals surface area contributed by atoms with Crippen LogP contribution in [0.2, 0.25) is 5.02 Å². The lowest BCUT2D eigenvalue weighted by Gasteiger charge is -2.42. The summed E-state index contributed by atoms with van der Waals surface area (Å²) in [4.78, 5) is 8.40. The molecule has 0 aliphatic heterocycles. The molecule has 3 aromatic rings. The van der Waals surface area contributed by atoms with Crippen LogP contribution >= 0.6 is 11.6 Å². The highest BCUT2D eigenvalue weighted by molar-refractivity contribution is 6.30. The quantitative estimate of drug-likeness (QED) is 0.733. The fourth-order valence-electron chi connectivity index (χ4n) is 3.31. The zero-order valence-electron chi connectivity index (χ0n) is 13.5. The number of anilines is 1. The Bertz CT molecular complexity index is 941. The number of nitrogens with two attached hydrogens (primary N) is 1. The lowest BCUT2D eigenvalue weighted by atomic mass is 9.61. The Labute approximate surface area is 152 Å². The molecular weight excluding hydrogens is 364 g/mol. The van der Waals surface area contributed by atoms with Crippen LogP contribution in [0.15, 0.2) is 34.9 Å². The average molecular weight is 378 g/mol. The van der Waals surface area contributed by atoms with Crippen LogP contribution in [-0.2, 0) is 5.41 Å². The molecule has 2 heterocycles. The molecule has 6 nitrogen and oxygen atoms in total. The third-order valence-electron chi connectivity index (χ3n) is 4.72. The molecule has 2 N–H and O–H groups in total. The molecule has 0 atom stereocenters. The minimum atomic E-state index is -2.84. The van der Waals surface area contributed by atoms with Gasteiger partial charge in [-0.05, 0) is 30.5 Å². The number of hydrogen-bond acceptors (Lipinski definition) is 6. The van der Waals surface area contributed by atoms with Crippen molar-refractivity contribution in [3.8, 4) is 11.5 Å². The molecule has 134 valence electrons. The molecule has 0 saturated heterocycles. The Morgan fingerprint density at radius 3 is 2.46 bits per heavy atom. The van der Waals surface area contributed by atoms with E-state index in [4.69, 9.17) is 21.8 Å². The molecule has 26 heavy (non-hydrogen) atoms. The summed E-state index contributed by atoms with van der Waals surface area (Å²) in [6.07, 6.45) is 1.25. The van der Waals surface area contributed by atoms with E-state index in [1.54, 1.807) is 0 Å². The molecule has 0 spiro atoms. The number of rotatable bonds is 4. The van der Waals surface area contributed by atoms with E-state index in [1.807, 2.05) is 24.3 Å². The number of aromatic nitrogens is 4. The average Bonchev–Trinajstić information content (AvgIpc) is 3.06. The van der Waals surface area contributed by atoms with E-state index in [2.05, 4.69) is 20.2 Å². The first-order valence-electron chi connectivity index (χ1n) is 8.00. The molecule has 1 aromatic carbocycles. The van der Waals surface area contributed by atoms with Crippen molar-refractivity contribution in [3.05, 3.63) is 52.6 Å². The van der Waals surface area contributed by atoms with Gasteiger partial charge in [0.15, 0.2) is 0 Å². The van der Waals surface area contributed by atoms with Crippen LogP contribution in [0, 0.1) is 0 Å². The Morgan fingerprint density at radius 1 is 1.15 bits per heavy atom. The van der Waals surface area contributed by atoms with E-state index >= 15 is 0 Å². The second kappa shape index (κ2) is 6.28. The van der Waals surface area contributed by atoms with Crippen molar-refractivity contribution in [3.63, 3.8) is 0 Å². The summed E-state index contributed by atoms with van der Waals surface area (Å²) in [6, 6.07) is 7.48. The van der Waals surface area contributed by atoms with Crippen LogP contribution in [-0.4, -0.2) is 20.2 Å². The lowest BCUT2D eigenvalue weighted by Crippen LogP contribution is -2.37. The van der Waals surface area contributed by atoms with E-state index < -0.39 is 17.7 Å². The van der Waals surface area contributed by atoms with Crippen molar-refractivity contribution >= 4 is 17.5 Å². The van der Waals surface area contributed by atoms with Gasteiger partial charge in [0.2, 0.25) is 5.95 Å². The Morgan fingerprint density at radius 2 is 1.88 bits per heavy atom. The summed E-state index contributed by atoms with van der Waals surface area (Å²) < 4.78 is 30.7. The van der Waals surface area contributed by atoms with Gasteiger partial charge in [0.05, 0.1) is 11.3 Å². The molecule has 1 fully saturated rings. The molecule has 0 unspecified atom stereocenters. The van der Waals surface area contributed by atoms with Crippen LogP contribution in [0.4, 0.5) is 14.7 Å². The zero-order chi connectivity index (χ0) is 18.3. The molecule has 1 aliphatic rings. The van der Waals surface area contributed by atoms with Crippen molar-refractivity contribution in [1.82, 2.24) is 20.2 Å². The second-order valence-corrected chi connectivity index (χ2v) is 6.62. The Kier molecular flexibility index (Phi) is 4.07. The van der Waals surface area contributed by atoms with Gasteiger partial charge in [0.1, 0.15) is 0 Å². The summed E-state index contributed by atoms with van der Waals surface area (Å²) in [5.74, 6) is -0.690. The van der Waals surface area contributed by atoms with Gasteiger partial charge in [-0.2, -0.15) is 8.78 Å². The fourth-order valence-corrected chi connectivity index (χ4v) is 3.44. The predicted octanol–water partition coefficient (Wildman–Crippen LogP) is 4.17. The molecule has 9 heteroatoms. The summed E-state index contributed by atoms with van der Waals surface area (Å²) in [7, 11) is 0. The van der Waals surface area contributed by atoms with Crippen LogP contribution in [0.1, 0.15) is 42.8 Å². The van der Waals surface area contributed by atoms with Crippen molar-refractivity contribution in [2.24, 2.45) is 0 Å². The highest BCUT2D eigenvalue weighted by Gasteiger charge is 2.44. The van der Waals surface area contributed by atoms with Gasteiger partial charge < -0.3 is 10.2 Å². The second-order valence-electron chi connectivity index (χ2n) is 6.18. The lowest BCUT2D eigenvalue weighted by molar-refractivity contribution is 0.116. The summed E-state index contributed by atoms with van der Waals surface area (Å²) in [5, 5.41) is 7.76.